The zero-order valence-corrected chi connectivity index (χ0v) is 7.57. The molecule has 1 atom stereocenters. The van der Waals surface area contributed by atoms with E-state index in [0.29, 0.717) is 12.5 Å². The first-order chi connectivity index (χ1) is 6.29. The molecule has 3 nitrogen and oxygen atoms in total. The molecule has 0 saturated heterocycles. The van der Waals surface area contributed by atoms with Crippen molar-refractivity contribution in [2.75, 3.05) is 6.54 Å². The molecule has 0 bridgehead atoms. The molecule has 0 radical (unpaired) electrons. The van der Waals surface area contributed by atoms with Gasteiger partial charge in [0.2, 0.25) is 0 Å². The summed E-state index contributed by atoms with van der Waals surface area (Å²) in [6.45, 7) is 0.412. The Bertz CT molecular complexity index is 221. The van der Waals surface area contributed by atoms with E-state index in [4.69, 9.17) is 5.11 Å². The first kappa shape index (κ1) is 9.84. The molecule has 2 N–H and O–H groups in total. The summed E-state index contributed by atoms with van der Waals surface area (Å²) in [5.74, 6) is 0.598. The van der Waals surface area contributed by atoms with Crippen LogP contribution in [-0.2, 0) is 0 Å². The predicted octanol–water partition coefficient (Wildman–Crippen LogP) is 2.17. The summed E-state index contributed by atoms with van der Waals surface area (Å²) in [6.07, 6.45) is 10.8. The van der Waals surface area contributed by atoms with Crippen molar-refractivity contribution in [2.24, 2.45) is 5.92 Å². The molecule has 0 aliphatic heterocycles. The van der Waals surface area contributed by atoms with Gasteiger partial charge in [0, 0.05) is 6.54 Å². The van der Waals surface area contributed by atoms with Crippen molar-refractivity contribution in [3.8, 4) is 0 Å². The third-order valence-electron chi connectivity index (χ3n) is 2.09. The van der Waals surface area contributed by atoms with Gasteiger partial charge in [-0.15, -0.1) is 0 Å². The maximum absolute atomic E-state index is 10.1. The Hall–Kier alpha value is -1.25. The van der Waals surface area contributed by atoms with E-state index in [0.717, 1.165) is 12.8 Å². The summed E-state index contributed by atoms with van der Waals surface area (Å²) < 4.78 is 0. The average molecular weight is 181 g/mol. The number of carbonyl (C=O) groups is 1. The summed E-state index contributed by atoms with van der Waals surface area (Å²) in [4.78, 5) is 10.1. The van der Waals surface area contributed by atoms with E-state index < -0.39 is 6.09 Å². The van der Waals surface area contributed by atoms with Crippen LogP contribution in [-0.4, -0.2) is 17.7 Å². The number of hydrogen-bond acceptors (Lipinski definition) is 1. The molecule has 1 aliphatic rings. The normalized spacial score (nSPS) is 22.0. The molecule has 0 spiro atoms. The van der Waals surface area contributed by atoms with E-state index in [1.54, 1.807) is 0 Å². The van der Waals surface area contributed by atoms with Gasteiger partial charge in [-0.05, 0) is 25.2 Å². The second-order valence-corrected chi connectivity index (χ2v) is 3.16. The van der Waals surface area contributed by atoms with Crippen molar-refractivity contribution in [3.05, 3.63) is 24.3 Å². The Labute approximate surface area is 78.1 Å². The largest absolute Gasteiger partial charge is 0.465 e. The van der Waals surface area contributed by atoms with E-state index in [9.17, 15) is 4.79 Å². The molecule has 1 aliphatic carbocycles. The highest BCUT2D eigenvalue weighted by Crippen LogP contribution is 2.18. The number of allylic oxidation sites excluding steroid dienone is 3. The monoisotopic (exact) mass is 181 g/mol. The Balaban J connectivity index is 2.15. The minimum atomic E-state index is -0.965. The summed E-state index contributed by atoms with van der Waals surface area (Å²) in [5, 5.41) is 10.6. The molecule has 0 saturated carbocycles. The molecule has 1 rings (SSSR count). The molecule has 1 unspecified atom stereocenters. The number of nitrogens with one attached hydrogen (secondary N) is 1. The zero-order valence-electron chi connectivity index (χ0n) is 7.57. The van der Waals surface area contributed by atoms with Crippen molar-refractivity contribution in [3.63, 3.8) is 0 Å². The lowest BCUT2D eigenvalue weighted by atomic mass is 9.94. The van der Waals surface area contributed by atoms with Gasteiger partial charge in [0.25, 0.3) is 0 Å². The Morgan fingerprint density at radius 2 is 2.46 bits per heavy atom. The van der Waals surface area contributed by atoms with Gasteiger partial charge in [0.1, 0.15) is 0 Å². The SMILES string of the molecule is O=C(O)NCC=CC1CC=CCC1. The molecule has 72 valence electrons. The summed E-state index contributed by atoms with van der Waals surface area (Å²) in [7, 11) is 0. The fourth-order valence-electron chi connectivity index (χ4n) is 1.40. The van der Waals surface area contributed by atoms with Gasteiger partial charge in [-0.2, -0.15) is 0 Å². The fraction of sp³-hybridized carbons (Fsp3) is 0.500. The Morgan fingerprint density at radius 3 is 3.08 bits per heavy atom. The molecule has 0 aromatic heterocycles. The first-order valence-corrected chi connectivity index (χ1v) is 4.57. The van der Waals surface area contributed by atoms with Gasteiger partial charge < -0.3 is 10.4 Å². The molecule has 3 heteroatoms. The minimum absolute atomic E-state index is 0.412. The van der Waals surface area contributed by atoms with Gasteiger partial charge in [0.05, 0.1) is 0 Å². The quantitative estimate of drug-likeness (QED) is 0.655. The molecular formula is C10H15NO2. The summed E-state index contributed by atoms with van der Waals surface area (Å²) >= 11 is 0. The molecule has 13 heavy (non-hydrogen) atoms. The van der Waals surface area contributed by atoms with Gasteiger partial charge in [-0.3, -0.25) is 0 Å². The smallest absolute Gasteiger partial charge is 0.404 e. The Morgan fingerprint density at radius 1 is 1.62 bits per heavy atom. The molecule has 0 heterocycles. The van der Waals surface area contributed by atoms with Crippen LogP contribution in [0, 0.1) is 5.92 Å². The second kappa shape index (κ2) is 5.41. The van der Waals surface area contributed by atoms with Crippen LogP contribution in [0.15, 0.2) is 24.3 Å². The third-order valence-corrected chi connectivity index (χ3v) is 2.09. The van der Waals surface area contributed by atoms with Crippen molar-refractivity contribution in [2.45, 2.75) is 19.3 Å². The first-order valence-electron chi connectivity index (χ1n) is 4.57. The van der Waals surface area contributed by atoms with Crippen LogP contribution < -0.4 is 5.32 Å². The second-order valence-electron chi connectivity index (χ2n) is 3.16. The van der Waals surface area contributed by atoms with Crippen molar-refractivity contribution >= 4 is 6.09 Å². The number of amides is 1. The van der Waals surface area contributed by atoms with Crippen molar-refractivity contribution in [1.29, 1.82) is 0 Å². The van der Waals surface area contributed by atoms with Gasteiger partial charge in [-0.25, -0.2) is 4.79 Å². The Kier molecular flexibility index (Phi) is 4.09. The van der Waals surface area contributed by atoms with E-state index in [1.165, 1.54) is 6.42 Å². The predicted molar refractivity (Wildman–Crippen MR) is 51.6 cm³/mol. The van der Waals surface area contributed by atoms with Crippen LogP contribution in [0.3, 0.4) is 0 Å². The summed E-state index contributed by atoms with van der Waals surface area (Å²) in [6, 6.07) is 0. The highest BCUT2D eigenvalue weighted by molar-refractivity contribution is 5.64. The van der Waals surface area contributed by atoms with Crippen LogP contribution in [0.4, 0.5) is 4.79 Å². The lowest BCUT2D eigenvalue weighted by Gasteiger charge is -2.12. The summed E-state index contributed by atoms with van der Waals surface area (Å²) in [5.41, 5.74) is 0. The third kappa shape index (κ3) is 4.35. The van der Waals surface area contributed by atoms with Crippen LogP contribution >= 0.6 is 0 Å². The van der Waals surface area contributed by atoms with E-state index in [2.05, 4.69) is 23.5 Å². The lowest BCUT2D eigenvalue weighted by molar-refractivity contribution is 0.195. The van der Waals surface area contributed by atoms with E-state index >= 15 is 0 Å². The molecule has 0 aromatic rings. The van der Waals surface area contributed by atoms with Gasteiger partial charge in [-0.1, -0.05) is 24.3 Å². The lowest BCUT2D eigenvalue weighted by Crippen LogP contribution is -2.20. The van der Waals surface area contributed by atoms with Gasteiger partial charge in [0.15, 0.2) is 0 Å². The minimum Gasteiger partial charge on any atom is -0.465 e. The van der Waals surface area contributed by atoms with Crippen LogP contribution in [0.5, 0.6) is 0 Å². The van der Waals surface area contributed by atoms with Crippen molar-refractivity contribution < 1.29 is 9.90 Å². The zero-order chi connectivity index (χ0) is 9.52. The van der Waals surface area contributed by atoms with E-state index in [1.807, 2.05) is 6.08 Å². The molecule has 1 amide bonds. The van der Waals surface area contributed by atoms with E-state index in [-0.39, 0.29) is 0 Å². The molecular weight excluding hydrogens is 166 g/mol. The topological polar surface area (TPSA) is 49.3 Å². The van der Waals surface area contributed by atoms with Crippen LogP contribution in [0.2, 0.25) is 0 Å². The number of hydrogen-bond donors (Lipinski definition) is 2. The molecule has 0 aromatic carbocycles. The standard InChI is InChI=1S/C10H15NO2/c12-10(13)11-8-4-7-9-5-2-1-3-6-9/h1-2,4,7,9,11H,3,5-6,8H2,(H,12,13). The molecule has 0 fully saturated rings. The maximum Gasteiger partial charge on any atom is 0.404 e. The maximum atomic E-state index is 10.1. The van der Waals surface area contributed by atoms with Crippen LogP contribution in [0.25, 0.3) is 0 Å². The average Bonchev–Trinajstić information content (AvgIpc) is 2.14. The number of rotatable bonds is 3. The fourth-order valence-corrected chi connectivity index (χ4v) is 1.40. The van der Waals surface area contributed by atoms with Crippen LogP contribution in [0.1, 0.15) is 19.3 Å². The number of carboxylic acid groups (broad SMARTS) is 1. The van der Waals surface area contributed by atoms with Gasteiger partial charge >= 0.3 is 6.09 Å². The van der Waals surface area contributed by atoms with Crippen molar-refractivity contribution in [1.82, 2.24) is 5.32 Å². The highest BCUT2D eigenvalue weighted by Gasteiger charge is 2.04. The highest BCUT2D eigenvalue weighted by atomic mass is 16.4.